The van der Waals surface area contributed by atoms with Gasteiger partial charge in [-0.25, -0.2) is 9.78 Å². The highest BCUT2D eigenvalue weighted by Gasteiger charge is 2.29. The van der Waals surface area contributed by atoms with Crippen molar-refractivity contribution in [3.05, 3.63) is 27.4 Å². The summed E-state index contributed by atoms with van der Waals surface area (Å²) in [4.78, 5) is 16.4. The van der Waals surface area contributed by atoms with Crippen molar-refractivity contribution in [1.29, 1.82) is 0 Å². The smallest absolute Gasteiger partial charge is 0.336 e. The molecule has 108 valence electrons. The predicted octanol–water partition coefficient (Wildman–Crippen LogP) is 4.30. The van der Waals surface area contributed by atoms with Gasteiger partial charge in [-0.2, -0.15) is 0 Å². The van der Waals surface area contributed by atoms with Crippen molar-refractivity contribution in [2.45, 2.75) is 26.9 Å². The Morgan fingerprint density at radius 2 is 2.05 bits per heavy atom. The molecule has 0 aliphatic rings. The third-order valence-electron chi connectivity index (χ3n) is 2.87. The topological polar surface area (TPSA) is 59.4 Å². The Bertz CT molecular complexity index is 610. The molecule has 1 N–H and O–H groups in total. The number of nitrogens with zero attached hydrogens (tertiary/aromatic N) is 1. The van der Waals surface area contributed by atoms with Crippen molar-refractivity contribution in [2.24, 2.45) is 5.41 Å². The largest absolute Gasteiger partial charge is 0.478 e. The van der Waals surface area contributed by atoms with Gasteiger partial charge in [0.1, 0.15) is 11.1 Å². The van der Waals surface area contributed by atoms with E-state index in [0.29, 0.717) is 5.56 Å². The first-order valence-electron chi connectivity index (χ1n) is 6.13. The number of thiophene rings is 1. The van der Waals surface area contributed by atoms with Gasteiger partial charge in [-0.3, -0.25) is 0 Å². The first-order chi connectivity index (χ1) is 9.32. The maximum Gasteiger partial charge on any atom is 0.336 e. The summed E-state index contributed by atoms with van der Waals surface area (Å²) in [5.74, 6) is -0.910. The van der Waals surface area contributed by atoms with Gasteiger partial charge in [0.2, 0.25) is 0 Å². The van der Waals surface area contributed by atoms with E-state index in [-0.39, 0.29) is 11.5 Å². The summed E-state index contributed by atoms with van der Waals surface area (Å²) in [5.41, 5.74) is 1.08. The van der Waals surface area contributed by atoms with Gasteiger partial charge < -0.3 is 9.84 Å². The highest BCUT2D eigenvalue weighted by Crippen LogP contribution is 2.39. The Morgan fingerprint density at radius 3 is 2.55 bits per heavy atom. The molecule has 0 saturated carbocycles. The van der Waals surface area contributed by atoms with Gasteiger partial charge in [-0.15, -0.1) is 22.7 Å². The lowest BCUT2D eigenvalue weighted by Gasteiger charge is -2.27. The Kier molecular flexibility index (Phi) is 4.27. The Balaban J connectivity index is 2.30. The molecule has 0 spiro atoms. The molecule has 0 aromatic carbocycles. The summed E-state index contributed by atoms with van der Waals surface area (Å²) >= 11 is 2.94. The number of thiazole rings is 1. The van der Waals surface area contributed by atoms with Gasteiger partial charge in [0, 0.05) is 17.9 Å². The molecule has 6 heteroatoms. The van der Waals surface area contributed by atoms with Gasteiger partial charge in [0.05, 0.1) is 16.1 Å². The number of rotatable bonds is 4. The second kappa shape index (κ2) is 5.63. The standard InChI is InChI=1S/C14H17NO3S2/c1-14(2,3)11(18-4)12-15-9(7-20-12)10-5-8(6-19-10)13(16)17/h5-7,11H,1-4H3,(H,16,17). The molecule has 4 nitrogen and oxygen atoms in total. The molecular weight excluding hydrogens is 294 g/mol. The fourth-order valence-electron chi connectivity index (χ4n) is 1.93. The monoisotopic (exact) mass is 311 g/mol. The second-order valence-corrected chi connectivity index (χ2v) is 7.36. The first kappa shape index (κ1) is 15.2. The number of carboxylic acids is 1. The Morgan fingerprint density at radius 1 is 1.35 bits per heavy atom. The van der Waals surface area contributed by atoms with Crippen LogP contribution >= 0.6 is 22.7 Å². The van der Waals surface area contributed by atoms with Crippen molar-refractivity contribution in [3.8, 4) is 10.6 Å². The van der Waals surface area contributed by atoms with Crippen molar-refractivity contribution in [2.75, 3.05) is 7.11 Å². The molecule has 2 rings (SSSR count). The number of hydrogen-bond donors (Lipinski definition) is 1. The molecular formula is C14H17NO3S2. The highest BCUT2D eigenvalue weighted by atomic mass is 32.1. The summed E-state index contributed by atoms with van der Waals surface area (Å²) in [6, 6.07) is 1.66. The molecule has 1 atom stereocenters. The number of hydrogen-bond acceptors (Lipinski definition) is 5. The van der Waals surface area contributed by atoms with E-state index in [1.165, 1.54) is 11.3 Å². The lowest BCUT2D eigenvalue weighted by Crippen LogP contribution is -2.19. The molecule has 2 aromatic rings. The minimum atomic E-state index is -0.910. The lowest BCUT2D eigenvalue weighted by atomic mass is 9.89. The number of ether oxygens (including phenoxy) is 1. The lowest BCUT2D eigenvalue weighted by molar-refractivity contribution is 0.0151. The first-order valence-corrected chi connectivity index (χ1v) is 7.89. The summed E-state index contributed by atoms with van der Waals surface area (Å²) in [6.07, 6.45) is -0.0693. The molecule has 2 aromatic heterocycles. The van der Waals surface area contributed by atoms with Gasteiger partial charge in [-0.1, -0.05) is 20.8 Å². The maximum atomic E-state index is 10.9. The molecule has 0 amide bonds. The minimum absolute atomic E-state index is 0.0362. The van der Waals surface area contributed by atoms with Crippen LogP contribution in [-0.4, -0.2) is 23.2 Å². The van der Waals surface area contributed by atoms with Crippen LogP contribution < -0.4 is 0 Å². The van der Waals surface area contributed by atoms with Gasteiger partial charge >= 0.3 is 5.97 Å². The maximum absolute atomic E-state index is 10.9. The molecule has 0 radical (unpaired) electrons. The molecule has 0 aliphatic carbocycles. The fraction of sp³-hybridized carbons (Fsp3) is 0.429. The van der Waals surface area contributed by atoms with Crippen LogP contribution in [0.1, 0.15) is 42.2 Å². The zero-order valence-corrected chi connectivity index (χ0v) is 13.5. The third kappa shape index (κ3) is 3.08. The van der Waals surface area contributed by atoms with Crippen LogP contribution in [0.2, 0.25) is 0 Å². The molecule has 0 saturated heterocycles. The van der Waals surface area contributed by atoms with E-state index < -0.39 is 5.97 Å². The Hall–Kier alpha value is -1.24. The number of aromatic nitrogens is 1. The summed E-state index contributed by atoms with van der Waals surface area (Å²) in [7, 11) is 1.69. The van der Waals surface area contributed by atoms with E-state index in [4.69, 9.17) is 9.84 Å². The quantitative estimate of drug-likeness (QED) is 0.914. The van der Waals surface area contributed by atoms with Crippen molar-refractivity contribution in [3.63, 3.8) is 0 Å². The zero-order chi connectivity index (χ0) is 14.9. The number of aromatic carboxylic acids is 1. The van der Waals surface area contributed by atoms with Crippen molar-refractivity contribution >= 4 is 28.6 Å². The van der Waals surface area contributed by atoms with Crippen molar-refractivity contribution in [1.82, 2.24) is 4.98 Å². The predicted molar refractivity (Wildman–Crippen MR) is 81.6 cm³/mol. The number of carboxylic acid groups (broad SMARTS) is 1. The van der Waals surface area contributed by atoms with E-state index in [1.54, 1.807) is 29.9 Å². The number of methoxy groups -OCH3 is 1. The van der Waals surface area contributed by atoms with E-state index in [9.17, 15) is 4.79 Å². The molecule has 0 fully saturated rings. The summed E-state index contributed by atoms with van der Waals surface area (Å²) in [6.45, 7) is 6.32. The number of carbonyl (C=O) groups is 1. The fourth-order valence-corrected chi connectivity index (χ4v) is 3.98. The normalized spacial score (nSPS) is 13.4. The van der Waals surface area contributed by atoms with Crippen molar-refractivity contribution < 1.29 is 14.6 Å². The van der Waals surface area contributed by atoms with Crippen LogP contribution in [0, 0.1) is 5.41 Å². The van der Waals surface area contributed by atoms with E-state index in [0.717, 1.165) is 15.6 Å². The van der Waals surface area contributed by atoms with E-state index >= 15 is 0 Å². The van der Waals surface area contributed by atoms with E-state index in [2.05, 4.69) is 25.8 Å². The average Bonchev–Trinajstić information content (AvgIpc) is 2.94. The minimum Gasteiger partial charge on any atom is -0.478 e. The van der Waals surface area contributed by atoms with E-state index in [1.807, 2.05) is 5.38 Å². The third-order valence-corrected chi connectivity index (χ3v) is 4.71. The molecule has 1 unspecified atom stereocenters. The van der Waals surface area contributed by atoms with Crippen LogP contribution in [0.5, 0.6) is 0 Å². The van der Waals surface area contributed by atoms with Crippen LogP contribution in [-0.2, 0) is 4.74 Å². The van der Waals surface area contributed by atoms with Gasteiger partial charge in [-0.05, 0) is 11.5 Å². The summed E-state index contributed by atoms with van der Waals surface area (Å²) < 4.78 is 5.55. The van der Waals surface area contributed by atoms with Gasteiger partial charge in [0.15, 0.2) is 0 Å². The zero-order valence-electron chi connectivity index (χ0n) is 11.8. The highest BCUT2D eigenvalue weighted by molar-refractivity contribution is 7.14. The van der Waals surface area contributed by atoms with Crippen LogP contribution in [0.25, 0.3) is 10.6 Å². The molecule has 0 bridgehead atoms. The SMILES string of the molecule is COC(c1nc(-c2cc(C(=O)O)cs2)cs1)C(C)(C)C. The Labute approximate surface area is 126 Å². The molecule has 20 heavy (non-hydrogen) atoms. The van der Waals surface area contributed by atoms with Crippen LogP contribution in [0.15, 0.2) is 16.8 Å². The second-order valence-electron chi connectivity index (χ2n) is 5.56. The summed E-state index contributed by atoms with van der Waals surface area (Å²) in [5, 5.41) is 13.5. The van der Waals surface area contributed by atoms with Crippen LogP contribution in [0.3, 0.4) is 0 Å². The molecule has 2 heterocycles. The van der Waals surface area contributed by atoms with Crippen LogP contribution in [0.4, 0.5) is 0 Å². The average molecular weight is 311 g/mol. The molecule has 0 aliphatic heterocycles. The van der Waals surface area contributed by atoms with Gasteiger partial charge in [0.25, 0.3) is 0 Å².